The summed E-state index contributed by atoms with van der Waals surface area (Å²) in [5.41, 5.74) is 0. The molecule has 0 bridgehead atoms. The van der Waals surface area contributed by atoms with Crippen molar-refractivity contribution in [3.8, 4) is 0 Å². The van der Waals surface area contributed by atoms with Gasteiger partial charge in [0.15, 0.2) is 0 Å². The van der Waals surface area contributed by atoms with E-state index in [0.29, 0.717) is 12.4 Å². The van der Waals surface area contributed by atoms with Gasteiger partial charge in [0.05, 0.1) is 12.6 Å². The first-order valence-electron chi connectivity index (χ1n) is 6.27. The summed E-state index contributed by atoms with van der Waals surface area (Å²) >= 11 is 0. The van der Waals surface area contributed by atoms with Gasteiger partial charge in [-0.1, -0.05) is 12.8 Å². The highest BCUT2D eigenvalue weighted by molar-refractivity contribution is 4.94. The quantitative estimate of drug-likeness (QED) is 0.899. The minimum absolute atomic E-state index is 0.0431. The Bertz CT molecular complexity index is 383. The molecule has 4 nitrogen and oxygen atoms in total. The monoisotopic (exact) mass is 259 g/mol. The van der Waals surface area contributed by atoms with Crippen LogP contribution in [0.5, 0.6) is 0 Å². The van der Waals surface area contributed by atoms with E-state index < -0.39 is 6.55 Å². The maximum absolute atomic E-state index is 12.7. The van der Waals surface area contributed by atoms with Crippen LogP contribution < -0.4 is 0 Å². The number of aliphatic hydroxyl groups is 1. The van der Waals surface area contributed by atoms with Crippen LogP contribution in [-0.4, -0.2) is 38.8 Å². The fourth-order valence-electron chi connectivity index (χ4n) is 2.59. The number of imidazole rings is 1. The van der Waals surface area contributed by atoms with E-state index >= 15 is 0 Å². The number of hydrogen-bond acceptors (Lipinski definition) is 3. The van der Waals surface area contributed by atoms with Crippen LogP contribution in [0.4, 0.5) is 8.78 Å². The Balaban J connectivity index is 2.01. The van der Waals surface area contributed by atoms with E-state index in [9.17, 15) is 13.9 Å². The molecule has 2 unspecified atom stereocenters. The molecule has 1 N–H and O–H groups in total. The summed E-state index contributed by atoms with van der Waals surface area (Å²) in [6.45, 7) is -2.23. The number of rotatable bonds is 4. The molecule has 0 amide bonds. The predicted octanol–water partition coefficient (Wildman–Crippen LogP) is 2.01. The van der Waals surface area contributed by atoms with Gasteiger partial charge in [-0.2, -0.15) is 8.78 Å². The minimum atomic E-state index is -2.56. The fourth-order valence-corrected chi connectivity index (χ4v) is 2.59. The van der Waals surface area contributed by atoms with Crippen LogP contribution in [0, 0.1) is 0 Å². The summed E-state index contributed by atoms with van der Waals surface area (Å²) in [5, 5.41) is 9.93. The molecule has 0 saturated heterocycles. The van der Waals surface area contributed by atoms with E-state index in [-0.39, 0.29) is 12.1 Å². The van der Waals surface area contributed by atoms with Crippen LogP contribution >= 0.6 is 0 Å². The van der Waals surface area contributed by atoms with Crippen molar-refractivity contribution in [2.75, 3.05) is 7.05 Å². The molecular formula is C12H19F2N3O. The normalized spacial score (nSPS) is 25.0. The van der Waals surface area contributed by atoms with E-state index in [0.717, 1.165) is 30.3 Å². The lowest BCUT2D eigenvalue weighted by molar-refractivity contribution is 0.0229. The molecule has 1 saturated carbocycles. The van der Waals surface area contributed by atoms with Gasteiger partial charge in [-0.05, 0) is 19.9 Å². The van der Waals surface area contributed by atoms with Crippen molar-refractivity contribution in [2.24, 2.45) is 0 Å². The number of aliphatic hydroxyl groups excluding tert-OH is 1. The Hall–Kier alpha value is -1.01. The molecule has 1 aromatic rings. The lowest BCUT2D eigenvalue weighted by atomic mass is 9.91. The molecule has 0 aliphatic heterocycles. The van der Waals surface area contributed by atoms with E-state index in [1.54, 1.807) is 0 Å². The highest BCUT2D eigenvalue weighted by atomic mass is 19.3. The molecule has 1 aliphatic carbocycles. The van der Waals surface area contributed by atoms with E-state index in [1.165, 1.54) is 12.4 Å². The molecule has 2 atom stereocenters. The number of hydrogen-bond donors (Lipinski definition) is 1. The molecule has 0 radical (unpaired) electrons. The standard InChI is InChI=1S/C12H19F2N3O/c1-16(9-4-2-3-5-10(9)18)8-11-15-6-7-17(11)12(13)14/h6-7,9-10,12,18H,2-5,8H2,1H3. The van der Waals surface area contributed by atoms with Crippen molar-refractivity contribution < 1.29 is 13.9 Å². The lowest BCUT2D eigenvalue weighted by Gasteiger charge is -2.35. The second-order valence-corrected chi connectivity index (χ2v) is 4.86. The van der Waals surface area contributed by atoms with Crippen LogP contribution in [0.2, 0.25) is 0 Å². The summed E-state index contributed by atoms with van der Waals surface area (Å²) in [5.74, 6) is 0.338. The third kappa shape index (κ3) is 2.87. The fraction of sp³-hybridized carbons (Fsp3) is 0.750. The third-order valence-corrected chi connectivity index (χ3v) is 3.61. The van der Waals surface area contributed by atoms with Gasteiger partial charge in [-0.15, -0.1) is 0 Å². The average Bonchev–Trinajstić information content (AvgIpc) is 2.77. The predicted molar refractivity (Wildman–Crippen MR) is 63.2 cm³/mol. The first-order chi connectivity index (χ1) is 8.59. The zero-order valence-corrected chi connectivity index (χ0v) is 10.5. The molecular weight excluding hydrogens is 240 g/mol. The first-order valence-corrected chi connectivity index (χ1v) is 6.27. The van der Waals surface area contributed by atoms with Crippen molar-refractivity contribution in [1.29, 1.82) is 0 Å². The Morgan fingerprint density at radius 1 is 1.50 bits per heavy atom. The van der Waals surface area contributed by atoms with Gasteiger partial charge >= 0.3 is 6.55 Å². The van der Waals surface area contributed by atoms with Crippen molar-refractivity contribution in [3.05, 3.63) is 18.2 Å². The van der Waals surface area contributed by atoms with Crippen LogP contribution in [0.25, 0.3) is 0 Å². The SMILES string of the molecule is CN(Cc1nccn1C(F)F)C1CCCCC1O. The summed E-state index contributed by atoms with van der Waals surface area (Å²) in [7, 11) is 1.85. The molecule has 0 spiro atoms. The molecule has 2 rings (SSSR count). The van der Waals surface area contributed by atoms with Gasteiger partial charge in [-0.25, -0.2) is 4.98 Å². The van der Waals surface area contributed by atoms with E-state index in [2.05, 4.69) is 4.98 Å². The van der Waals surface area contributed by atoms with Gasteiger partial charge in [0.1, 0.15) is 5.82 Å². The first kappa shape index (κ1) is 13.4. The van der Waals surface area contributed by atoms with Crippen molar-refractivity contribution >= 4 is 0 Å². The molecule has 6 heteroatoms. The molecule has 1 fully saturated rings. The van der Waals surface area contributed by atoms with Crippen molar-refractivity contribution in [1.82, 2.24) is 14.5 Å². The number of aromatic nitrogens is 2. The maximum atomic E-state index is 12.7. The Labute approximate surface area is 105 Å². The molecule has 0 aromatic carbocycles. The Kier molecular flexibility index (Phi) is 4.29. The molecule has 1 heterocycles. The van der Waals surface area contributed by atoms with Gasteiger partial charge < -0.3 is 5.11 Å². The van der Waals surface area contributed by atoms with E-state index in [4.69, 9.17) is 0 Å². The van der Waals surface area contributed by atoms with Crippen molar-refractivity contribution in [2.45, 2.75) is 50.9 Å². The topological polar surface area (TPSA) is 41.3 Å². The van der Waals surface area contributed by atoms with Gasteiger partial charge in [0.2, 0.25) is 0 Å². The third-order valence-electron chi connectivity index (χ3n) is 3.61. The summed E-state index contributed by atoms with van der Waals surface area (Å²) < 4.78 is 26.2. The van der Waals surface area contributed by atoms with Crippen LogP contribution in [-0.2, 0) is 6.54 Å². The van der Waals surface area contributed by atoms with Gasteiger partial charge in [0.25, 0.3) is 0 Å². The van der Waals surface area contributed by atoms with Gasteiger partial charge in [0, 0.05) is 18.4 Å². The maximum Gasteiger partial charge on any atom is 0.319 e. The Morgan fingerprint density at radius 2 is 2.22 bits per heavy atom. The van der Waals surface area contributed by atoms with Crippen molar-refractivity contribution in [3.63, 3.8) is 0 Å². The zero-order valence-electron chi connectivity index (χ0n) is 10.5. The van der Waals surface area contributed by atoms with Crippen LogP contribution in [0.3, 0.4) is 0 Å². The second-order valence-electron chi connectivity index (χ2n) is 4.86. The number of nitrogens with zero attached hydrogens (tertiary/aromatic N) is 3. The zero-order chi connectivity index (χ0) is 13.1. The molecule has 102 valence electrons. The highest BCUT2D eigenvalue weighted by Gasteiger charge is 2.27. The Morgan fingerprint density at radius 3 is 2.89 bits per heavy atom. The summed E-state index contributed by atoms with van der Waals surface area (Å²) in [6, 6.07) is 0.0431. The van der Waals surface area contributed by atoms with Crippen LogP contribution in [0.1, 0.15) is 38.1 Å². The van der Waals surface area contributed by atoms with Gasteiger partial charge in [-0.3, -0.25) is 9.47 Å². The minimum Gasteiger partial charge on any atom is -0.391 e. The largest absolute Gasteiger partial charge is 0.391 e. The summed E-state index contributed by atoms with van der Waals surface area (Å²) in [4.78, 5) is 5.88. The average molecular weight is 259 g/mol. The number of halogens is 2. The number of alkyl halides is 2. The molecule has 1 aromatic heterocycles. The van der Waals surface area contributed by atoms with Crippen LogP contribution in [0.15, 0.2) is 12.4 Å². The smallest absolute Gasteiger partial charge is 0.319 e. The highest BCUT2D eigenvalue weighted by Crippen LogP contribution is 2.24. The lowest BCUT2D eigenvalue weighted by Crippen LogP contribution is -2.43. The second kappa shape index (κ2) is 5.75. The molecule has 1 aliphatic rings. The summed E-state index contributed by atoms with van der Waals surface area (Å²) in [6.07, 6.45) is 6.12. The van der Waals surface area contributed by atoms with E-state index in [1.807, 2.05) is 11.9 Å². The molecule has 18 heavy (non-hydrogen) atoms. The number of likely N-dealkylation sites (N-methyl/N-ethyl adjacent to an activating group) is 1.